The van der Waals surface area contributed by atoms with Crippen LogP contribution in [0.3, 0.4) is 0 Å². The van der Waals surface area contributed by atoms with Crippen molar-refractivity contribution < 1.29 is 4.52 Å². The summed E-state index contributed by atoms with van der Waals surface area (Å²) in [6.45, 7) is 3.52. The van der Waals surface area contributed by atoms with E-state index in [1.807, 2.05) is 18.2 Å². The summed E-state index contributed by atoms with van der Waals surface area (Å²) in [5.41, 5.74) is 0.694. The predicted octanol–water partition coefficient (Wildman–Crippen LogP) is 1.77. The van der Waals surface area contributed by atoms with E-state index in [1.54, 1.807) is 6.20 Å². The van der Waals surface area contributed by atoms with Crippen LogP contribution in [-0.4, -0.2) is 15.1 Å². The van der Waals surface area contributed by atoms with E-state index >= 15 is 0 Å². The Morgan fingerprint density at radius 1 is 1.38 bits per heavy atom. The lowest BCUT2D eigenvalue weighted by atomic mass is 10.3. The van der Waals surface area contributed by atoms with Crippen molar-refractivity contribution in [3.8, 4) is 11.5 Å². The first-order chi connectivity index (χ1) is 6.40. The highest BCUT2D eigenvalue weighted by molar-refractivity contribution is 5.49. The Balaban J connectivity index is 2.41. The van der Waals surface area contributed by atoms with Crippen LogP contribution in [-0.2, 0) is 0 Å². The minimum absolute atomic E-state index is 0.403. The Hall–Kier alpha value is -1.97. The van der Waals surface area contributed by atoms with Crippen molar-refractivity contribution in [3.63, 3.8) is 0 Å². The summed E-state index contributed by atoms with van der Waals surface area (Å²) >= 11 is 0. The lowest BCUT2D eigenvalue weighted by molar-refractivity contribution is 0.411. The largest absolute Gasteiger partial charge is 0.334 e. The smallest absolute Gasteiger partial charge is 0.250 e. The van der Waals surface area contributed by atoms with E-state index in [9.17, 15) is 0 Å². The zero-order valence-corrected chi connectivity index (χ0v) is 6.84. The monoisotopic (exact) mass is 173 g/mol. The van der Waals surface area contributed by atoms with E-state index in [4.69, 9.17) is 4.52 Å². The lowest BCUT2D eigenvalue weighted by Crippen LogP contribution is -1.83. The summed E-state index contributed by atoms with van der Waals surface area (Å²) in [5.74, 6) is 0.885. The van der Waals surface area contributed by atoms with Crippen LogP contribution in [0.1, 0.15) is 5.89 Å². The highest BCUT2D eigenvalue weighted by atomic mass is 16.5. The molecule has 0 N–H and O–H groups in total. The van der Waals surface area contributed by atoms with Gasteiger partial charge in [0.25, 0.3) is 0 Å². The molecule has 2 heterocycles. The maximum absolute atomic E-state index is 4.85. The Morgan fingerprint density at radius 2 is 2.31 bits per heavy atom. The standard InChI is InChI=1S/C9H7N3O/c1-2-8-11-9(12-13-8)7-5-3-4-6-10-7/h2-6H,1H2. The first-order valence-electron chi connectivity index (χ1n) is 3.77. The molecule has 0 aliphatic heterocycles. The summed E-state index contributed by atoms with van der Waals surface area (Å²) in [5, 5.41) is 3.74. The summed E-state index contributed by atoms with van der Waals surface area (Å²) in [6, 6.07) is 5.52. The highest BCUT2D eigenvalue weighted by Crippen LogP contribution is 2.11. The quantitative estimate of drug-likeness (QED) is 0.694. The minimum Gasteiger partial charge on any atom is -0.334 e. The molecule has 0 saturated heterocycles. The first-order valence-corrected chi connectivity index (χ1v) is 3.77. The van der Waals surface area contributed by atoms with Gasteiger partial charge in [-0.2, -0.15) is 4.98 Å². The fraction of sp³-hybridized carbons (Fsp3) is 0. The topological polar surface area (TPSA) is 51.8 Å². The third-order valence-corrected chi connectivity index (χ3v) is 1.51. The molecule has 13 heavy (non-hydrogen) atoms. The van der Waals surface area contributed by atoms with Crippen molar-refractivity contribution in [2.24, 2.45) is 0 Å². The molecule has 2 aromatic rings. The Kier molecular flexibility index (Phi) is 1.88. The second-order valence-corrected chi connectivity index (χ2v) is 2.38. The molecule has 4 nitrogen and oxygen atoms in total. The average molecular weight is 173 g/mol. The SMILES string of the molecule is C=Cc1nc(-c2ccccn2)no1. The van der Waals surface area contributed by atoms with Crippen molar-refractivity contribution in [2.75, 3.05) is 0 Å². The van der Waals surface area contributed by atoms with E-state index in [0.717, 1.165) is 0 Å². The van der Waals surface area contributed by atoms with Gasteiger partial charge in [0.05, 0.1) is 0 Å². The third kappa shape index (κ3) is 1.46. The minimum atomic E-state index is 0.403. The second kappa shape index (κ2) is 3.18. The molecule has 64 valence electrons. The summed E-state index contributed by atoms with van der Waals surface area (Å²) in [7, 11) is 0. The van der Waals surface area contributed by atoms with Crippen molar-refractivity contribution >= 4 is 6.08 Å². The number of rotatable bonds is 2. The van der Waals surface area contributed by atoms with E-state index in [2.05, 4.69) is 21.7 Å². The van der Waals surface area contributed by atoms with Crippen LogP contribution in [0.4, 0.5) is 0 Å². The van der Waals surface area contributed by atoms with Crippen LogP contribution < -0.4 is 0 Å². The Labute approximate surface area is 74.9 Å². The van der Waals surface area contributed by atoms with Gasteiger partial charge in [-0.05, 0) is 18.2 Å². The average Bonchev–Trinajstić information content (AvgIpc) is 2.67. The van der Waals surface area contributed by atoms with Gasteiger partial charge in [0.15, 0.2) is 0 Å². The van der Waals surface area contributed by atoms with Crippen LogP contribution >= 0.6 is 0 Å². The molecule has 0 aliphatic rings. The van der Waals surface area contributed by atoms with Crippen molar-refractivity contribution in [3.05, 3.63) is 36.9 Å². The fourth-order valence-corrected chi connectivity index (χ4v) is 0.917. The van der Waals surface area contributed by atoms with E-state index in [-0.39, 0.29) is 0 Å². The van der Waals surface area contributed by atoms with E-state index < -0.39 is 0 Å². The first kappa shape index (κ1) is 7.67. The Morgan fingerprint density at radius 3 is 2.92 bits per heavy atom. The van der Waals surface area contributed by atoms with Crippen LogP contribution in [0.2, 0.25) is 0 Å². The fourth-order valence-electron chi connectivity index (χ4n) is 0.917. The summed E-state index contributed by atoms with van der Waals surface area (Å²) in [6.07, 6.45) is 3.18. The zero-order chi connectivity index (χ0) is 9.10. The third-order valence-electron chi connectivity index (χ3n) is 1.51. The second-order valence-electron chi connectivity index (χ2n) is 2.38. The van der Waals surface area contributed by atoms with E-state index in [0.29, 0.717) is 17.4 Å². The van der Waals surface area contributed by atoms with E-state index in [1.165, 1.54) is 6.08 Å². The normalized spacial score (nSPS) is 9.85. The molecular weight excluding hydrogens is 166 g/mol. The molecule has 0 bridgehead atoms. The molecule has 0 unspecified atom stereocenters. The number of hydrogen-bond acceptors (Lipinski definition) is 4. The van der Waals surface area contributed by atoms with Crippen LogP contribution in [0.5, 0.6) is 0 Å². The molecule has 0 fully saturated rings. The molecule has 4 heteroatoms. The molecule has 0 atom stereocenters. The summed E-state index contributed by atoms with van der Waals surface area (Å²) < 4.78 is 4.85. The Bertz CT molecular complexity index is 408. The number of aromatic nitrogens is 3. The number of hydrogen-bond donors (Lipinski definition) is 0. The molecular formula is C9H7N3O. The van der Waals surface area contributed by atoms with Gasteiger partial charge in [-0.1, -0.05) is 17.8 Å². The molecule has 0 aliphatic carbocycles. The van der Waals surface area contributed by atoms with Gasteiger partial charge in [-0.15, -0.1) is 0 Å². The van der Waals surface area contributed by atoms with Gasteiger partial charge in [-0.3, -0.25) is 4.98 Å². The molecule has 0 radical (unpaired) electrons. The zero-order valence-electron chi connectivity index (χ0n) is 6.84. The number of pyridine rings is 1. The van der Waals surface area contributed by atoms with Crippen molar-refractivity contribution in [2.45, 2.75) is 0 Å². The van der Waals surface area contributed by atoms with Gasteiger partial charge < -0.3 is 4.52 Å². The maximum Gasteiger partial charge on any atom is 0.250 e. The van der Waals surface area contributed by atoms with Crippen LogP contribution in [0.25, 0.3) is 17.6 Å². The molecule has 0 spiro atoms. The molecule has 2 aromatic heterocycles. The maximum atomic E-state index is 4.85. The summed E-state index contributed by atoms with van der Waals surface area (Å²) in [4.78, 5) is 8.12. The molecule has 2 rings (SSSR count). The van der Waals surface area contributed by atoms with Gasteiger partial charge in [0, 0.05) is 6.20 Å². The lowest BCUT2D eigenvalue weighted by Gasteiger charge is -1.88. The van der Waals surface area contributed by atoms with Gasteiger partial charge >= 0.3 is 0 Å². The van der Waals surface area contributed by atoms with Gasteiger partial charge in [0.2, 0.25) is 11.7 Å². The van der Waals surface area contributed by atoms with Crippen molar-refractivity contribution in [1.82, 2.24) is 15.1 Å². The van der Waals surface area contributed by atoms with Gasteiger partial charge in [-0.25, -0.2) is 0 Å². The van der Waals surface area contributed by atoms with Crippen LogP contribution in [0, 0.1) is 0 Å². The number of nitrogens with zero attached hydrogens (tertiary/aromatic N) is 3. The molecule has 0 aromatic carbocycles. The highest BCUT2D eigenvalue weighted by Gasteiger charge is 2.05. The molecule has 0 amide bonds. The van der Waals surface area contributed by atoms with Gasteiger partial charge in [0.1, 0.15) is 5.69 Å². The van der Waals surface area contributed by atoms with Crippen molar-refractivity contribution in [1.29, 1.82) is 0 Å². The van der Waals surface area contributed by atoms with Crippen LogP contribution in [0.15, 0.2) is 35.5 Å². The predicted molar refractivity (Wildman–Crippen MR) is 47.6 cm³/mol. The molecule has 0 saturated carbocycles.